The predicted molar refractivity (Wildman–Crippen MR) is 71.6 cm³/mol. The van der Waals surface area contributed by atoms with Crippen molar-refractivity contribution in [2.45, 2.75) is 6.92 Å². The smallest absolute Gasteiger partial charge is 0.194 e. The molecule has 0 aliphatic rings. The van der Waals surface area contributed by atoms with Crippen LogP contribution in [0.15, 0.2) is 42.6 Å². The molecule has 0 unspecified atom stereocenters. The van der Waals surface area contributed by atoms with Gasteiger partial charge in [0.2, 0.25) is 0 Å². The molecule has 1 heterocycles. The highest BCUT2D eigenvalue weighted by Gasteiger charge is 2.11. The number of hydrogen-bond acceptors (Lipinski definition) is 2. The minimum absolute atomic E-state index is 0.0296. The van der Waals surface area contributed by atoms with Gasteiger partial charge in [-0.1, -0.05) is 30.3 Å². The molecule has 2 nitrogen and oxygen atoms in total. The second kappa shape index (κ2) is 4.74. The molecule has 0 amide bonds. The Bertz CT molecular complexity index is 523. The summed E-state index contributed by atoms with van der Waals surface area (Å²) in [7, 11) is 0. The lowest BCUT2D eigenvalue weighted by Crippen LogP contribution is -2.04. The van der Waals surface area contributed by atoms with Crippen molar-refractivity contribution in [3.8, 4) is 0 Å². The second-order valence-corrected chi connectivity index (χ2v) is 4.62. The van der Waals surface area contributed by atoms with Crippen molar-refractivity contribution >= 4 is 28.4 Å². The fraction of sp³-hybridized carbons (Fsp3) is 0.0769. The third-order valence-corrected chi connectivity index (χ3v) is 2.95. The molecule has 0 radical (unpaired) electrons. The first-order chi connectivity index (χ1) is 7.68. The van der Waals surface area contributed by atoms with Crippen LogP contribution in [0, 0.1) is 10.6 Å². The molecule has 0 aliphatic carbocycles. The van der Waals surface area contributed by atoms with E-state index in [4.69, 9.17) is 0 Å². The summed E-state index contributed by atoms with van der Waals surface area (Å²) in [4.78, 5) is 16.3. The number of nitrogens with zero attached hydrogens (tertiary/aromatic N) is 1. The van der Waals surface area contributed by atoms with Crippen LogP contribution < -0.4 is 0 Å². The third-order valence-electron chi connectivity index (χ3n) is 2.36. The Balaban J connectivity index is 2.42. The number of aryl methyl sites for hydroxylation is 1. The lowest BCUT2D eigenvalue weighted by Gasteiger charge is -2.04. The lowest BCUT2D eigenvalue weighted by molar-refractivity contribution is 0.103. The van der Waals surface area contributed by atoms with Gasteiger partial charge in [0.15, 0.2) is 5.78 Å². The van der Waals surface area contributed by atoms with E-state index in [1.165, 1.54) is 0 Å². The maximum Gasteiger partial charge on any atom is 0.194 e. The standard InChI is InChI=1S/C13H10INO/c1-9-7-12(14)15-8-11(9)13(16)10-5-3-2-4-6-10/h2-8H,1H3. The molecular weight excluding hydrogens is 313 g/mol. The van der Waals surface area contributed by atoms with E-state index < -0.39 is 0 Å². The molecule has 0 spiro atoms. The highest BCUT2D eigenvalue weighted by Crippen LogP contribution is 2.14. The summed E-state index contributed by atoms with van der Waals surface area (Å²) in [6, 6.07) is 11.2. The maximum atomic E-state index is 12.1. The van der Waals surface area contributed by atoms with Crippen molar-refractivity contribution in [3.63, 3.8) is 0 Å². The van der Waals surface area contributed by atoms with E-state index in [0.29, 0.717) is 11.1 Å². The monoisotopic (exact) mass is 323 g/mol. The zero-order valence-electron chi connectivity index (χ0n) is 8.77. The Morgan fingerprint density at radius 3 is 2.56 bits per heavy atom. The van der Waals surface area contributed by atoms with Crippen molar-refractivity contribution in [2.75, 3.05) is 0 Å². The first-order valence-electron chi connectivity index (χ1n) is 4.90. The molecule has 0 bridgehead atoms. The number of carbonyl (C=O) groups excluding carboxylic acids is 1. The molecule has 0 N–H and O–H groups in total. The van der Waals surface area contributed by atoms with E-state index in [-0.39, 0.29) is 5.78 Å². The average molecular weight is 323 g/mol. The zero-order valence-corrected chi connectivity index (χ0v) is 10.9. The van der Waals surface area contributed by atoms with Crippen LogP contribution in [-0.4, -0.2) is 10.8 Å². The minimum Gasteiger partial charge on any atom is -0.289 e. The normalized spacial score (nSPS) is 10.1. The van der Waals surface area contributed by atoms with Crippen LogP contribution in [0.2, 0.25) is 0 Å². The average Bonchev–Trinajstić information content (AvgIpc) is 2.29. The summed E-state index contributed by atoms with van der Waals surface area (Å²) in [6.45, 7) is 1.93. The zero-order chi connectivity index (χ0) is 11.5. The van der Waals surface area contributed by atoms with Gasteiger partial charge in [-0.05, 0) is 41.1 Å². The van der Waals surface area contributed by atoms with Gasteiger partial charge in [-0.15, -0.1) is 0 Å². The summed E-state index contributed by atoms with van der Waals surface area (Å²) < 4.78 is 0.903. The predicted octanol–water partition coefficient (Wildman–Crippen LogP) is 3.23. The minimum atomic E-state index is 0.0296. The number of pyridine rings is 1. The Kier molecular flexibility index (Phi) is 3.33. The number of hydrogen-bond donors (Lipinski definition) is 0. The van der Waals surface area contributed by atoms with Crippen molar-refractivity contribution in [1.82, 2.24) is 4.98 Å². The van der Waals surface area contributed by atoms with Gasteiger partial charge in [0.1, 0.15) is 3.70 Å². The summed E-state index contributed by atoms with van der Waals surface area (Å²) in [5, 5.41) is 0. The summed E-state index contributed by atoms with van der Waals surface area (Å²) in [5.41, 5.74) is 2.34. The molecule has 0 fully saturated rings. The largest absolute Gasteiger partial charge is 0.289 e. The molecule has 0 saturated carbocycles. The van der Waals surface area contributed by atoms with Crippen LogP contribution in [-0.2, 0) is 0 Å². The number of rotatable bonds is 2. The summed E-state index contributed by atoms with van der Waals surface area (Å²) >= 11 is 2.14. The molecule has 0 aliphatic heterocycles. The van der Waals surface area contributed by atoms with Gasteiger partial charge in [-0.25, -0.2) is 4.98 Å². The molecule has 1 aromatic heterocycles. The Labute approximate surface area is 108 Å². The topological polar surface area (TPSA) is 30.0 Å². The van der Waals surface area contributed by atoms with Crippen LogP contribution in [0.25, 0.3) is 0 Å². The lowest BCUT2D eigenvalue weighted by atomic mass is 10.0. The van der Waals surface area contributed by atoms with Gasteiger partial charge in [0, 0.05) is 17.3 Å². The maximum absolute atomic E-state index is 12.1. The van der Waals surface area contributed by atoms with E-state index in [0.717, 1.165) is 9.26 Å². The molecule has 16 heavy (non-hydrogen) atoms. The third kappa shape index (κ3) is 2.29. The SMILES string of the molecule is Cc1cc(I)ncc1C(=O)c1ccccc1. The number of aromatic nitrogens is 1. The fourth-order valence-electron chi connectivity index (χ4n) is 1.50. The molecular formula is C13H10INO. The quantitative estimate of drug-likeness (QED) is 0.482. The van der Waals surface area contributed by atoms with Crippen LogP contribution in [0.1, 0.15) is 21.5 Å². The fourth-order valence-corrected chi connectivity index (χ4v) is 2.11. The van der Waals surface area contributed by atoms with Crippen LogP contribution >= 0.6 is 22.6 Å². The Morgan fingerprint density at radius 1 is 1.25 bits per heavy atom. The molecule has 80 valence electrons. The van der Waals surface area contributed by atoms with E-state index in [1.807, 2.05) is 43.3 Å². The number of halogens is 1. The molecule has 0 atom stereocenters. The van der Waals surface area contributed by atoms with Crippen molar-refractivity contribution in [3.05, 3.63) is 63.0 Å². The molecule has 2 rings (SSSR count). The van der Waals surface area contributed by atoms with Crippen molar-refractivity contribution in [2.24, 2.45) is 0 Å². The molecule has 3 heteroatoms. The Morgan fingerprint density at radius 2 is 1.94 bits per heavy atom. The van der Waals surface area contributed by atoms with Crippen LogP contribution in [0.3, 0.4) is 0 Å². The van der Waals surface area contributed by atoms with Gasteiger partial charge < -0.3 is 0 Å². The van der Waals surface area contributed by atoms with Gasteiger partial charge in [0.05, 0.1) is 0 Å². The summed E-state index contributed by atoms with van der Waals surface area (Å²) in [5.74, 6) is 0.0296. The summed E-state index contributed by atoms with van der Waals surface area (Å²) in [6.07, 6.45) is 1.65. The van der Waals surface area contributed by atoms with E-state index >= 15 is 0 Å². The highest BCUT2D eigenvalue weighted by atomic mass is 127. The van der Waals surface area contributed by atoms with E-state index in [9.17, 15) is 4.79 Å². The second-order valence-electron chi connectivity index (χ2n) is 3.52. The molecule has 0 saturated heterocycles. The van der Waals surface area contributed by atoms with Gasteiger partial charge in [-0.3, -0.25) is 4.79 Å². The van der Waals surface area contributed by atoms with E-state index in [1.54, 1.807) is 6.20 Å². The first-order valence-corrected chi connectivity index (χ1v) is 5.98. The van der Waals surface area contributed by atoms with E-state index in [2.05, 4.69) is 27.6 Å². The first kappa shape index (κ1) is 11.3. The van der Waals surface area contributed by atoms with Gasteiger partial charge in [-0.2, -0.15) is 0 Å². The van der Waals surface area contributed by atoms with Crippen LogP contribution in [0.4, 0.5) is 0 Å². The van der Waals surface area contributed by atoms with Crippen molar-refractivity contribution in [1.29, 1.82) is 0 Å². The van der Waals surface area contributed by atoms with Crippen LogP contribution in [0.5, 0.6) is 0 Å². The molecule has 1 aromatic carbocycles. The molecule has 2 aromatic rings. The van der Waals surface area contributed by atoms with Gasteiger partial charge in [0.25, 0.3) is 0 Å². The van der Waals surface area contributed by atoms with Crippen molar-refractivity contribution < 1.29 is 4.79 Å². The number of benzene rings is 1. The number of ketones is 1. The Hall–Kier alpha value is -1.23. The number of carbonyl (C=O) groups is 1. The highest BCUT2D eigenvalue weighted by molar-refractivity contribution is 14.1. The van der Waals surface area contributed by atoms with Gasteiger partial charge >= 0.3 is 0 Å².